The molecule has 1 fully saturated rings. The lowest BCUT2D eigenvalue weighted by Gasteiger charge is -2.24. The molecule has 0 spiro atoms. The summed E-state index contributed by atoms with van der Waals surface area (Å²) in [6.07, 6.45) is 0.141. The van der Waals surface area contributed by atoms with Crippen LogP contribution in [0.15, 0.2) is 24.3 Å². The lowest BCUT2D eigenvalue weighted by atomic mass is 10.1. The number of alkyl halides is 2. The molecule has 0 radical (unpaired) electrons. The predicted octanol–water partition coefficient (Wildman–Crippen LogP) is 2.41. The maximum absolute atomic E-state index is 13.3. The van der Waals surface area contributed by atoms with Gasteiger partial charge in [-0.2, -0.15) is 0 Å². The fourth-order valence-corrected chi connectivity index (χ4v) is 2.26. The van der Waals surface area contributed by atoms with Gasteiger partial charge in [0.2, 0.25) is 5.92 Å². The summed E-state index contributed by atoms with van der Waals surface area (Å²) in [5, 5.41) is 0. The number of carbonyl (C=O) groups is 1. The molecular weight excluding hydrogens is 238 g/mol. The molecule has 1 aliphatic heterocycles. The van der Waals surface area contributed by atoms with Gasteiger partial charge in [0.25, 0.3) is 5.91 Å². The van der Waals surface area contributed by atoms with E-state index in [1.165, 1.54) is 0 Å². The van der Waals surface area contributed by atoms with Crippen LogP contribution in [0.4, 0.5) is 14.5 Å². The zero-order valence-electron chi connectivity index (χ0n) is 10.0. The molecule has 1 aliphatic rings. The fourth-order valence-electron chi connectivity index (χ4n) is 2.26. The second-order valence-electron chi connectivity index (χ2n) is 4.58. The molecule has 18 heavy (non-hydrogen) atoms. The third-order valence-corrected chi connectivity index (χ3v) is 3.23. The topological polar surface area (TPSA) is 46.3 Å². The number of hydrogen-bond donors (Lipinski definition) is 1. The molecule has 1 heterocycles. The highest BCUT2D eigenvalue weighted by molar-refractivity contribution is 5.98. The average molecular weight is 254 g/mol. The standard InChI is InChI=1S/C13H16F2N2O/c14-13(15)6-3-8-17(9-7-13)11-5-2-1-4-10(11)12(16)18/h1-2,4-5H,3,6-9H2,(H2,16,18). The molecule has 1 aromatic carbocycles. The lowest BCUT2D eigenvalue weighted by molar-refractivity contribution is -0.0102. The fraction of sp³-hybridized carbons (Fsp3) is 0.462. The van der Waals surface area contributed by atoms with E-state index >= 15 is 0 Å². The number of carbonyl (C=O) groups excluding carboxylic acids is 1. The van der Waals surface area contributed by atoms with Gasteiger partial charge in [-0.1, -0.05) is 12.1 Å². The maximum atomic E-state index is 13.3. The number of anilines is 1. The van der Waals surface area contributed by atoms with E-state index in [9.17, 15) is 13.6 Å². The number of hydrogen-bond acceptors (Lipinski definition) is 2. The van der Waals surface area contributed by atoms with Gasteiger partial charge in [0.05, 0.1) is 5.56 Å². The molecule has 2 rings (SSSR count). The molecule has 2 N–H and O–H groups in total. The monoisotopic (exact) mass is 254 g/mol. The van der Waals surface area contributed by atoms with E-state index in [0.29, 0.717) is 24.2 Å². The molecule has 0 bridgehead atoms. The zero-order chi connectivity index (χ0) is 13.2. The molecule has 0 atom stereocenters. The molecule has 1 amide bonds. The summed E-state index contributed by atoms with van der Waals surface area (Å²) < 4.78 is 26.6. The SMILES string of the molecule is NC(=O)c1ccccc1N1CCCC(F)(F)CC1. The van der Waals surface area contributed by atoms with Gasteiger partial charge >= 0.3 is 0 Å². The summed E-state index contributed by atoms with van der Waals surface area (Å²) in [6, 6.07) is 6.88. The Kier molecular flexibility index (Phi) is 3.50. The Balaban J connectivity index is 2.24. The van der Waals surface area contributed by atoms with Crippen LogP contribution in [0.3, 0.4) is 0 Å². The maximum Gasteiger partial charge on any atom is 0.250 e. The highest BCUT2D eigenvalue weighted by Gasteiger charge is 2.32. The van der Waals surface area contributed by atoms with Crippen molar-refractivity contribution in [2.45, 2.75) is 25.2 Å². The second-order valence-corrected chi connectivity index (χ2v) is 4.58. The summed E-state index contributed by atoms with van der Waals surface area (Å²) in [4.78, 5) is 13.1. The normalized spacial score (nSPS) is 19.3. The van der Waals surface area contributed by atoms with Gasteiger partial charge in [-0.25, -0.2) is 8.78 Å². The minimum absolute atomic E-state index is 0.0950. The number of amides is 1. The van der Waals surface area contributed by atoms with Gasteiger partial charge in [0.15, 0.2) is 0 Å². The minimum Gasteiger partial charge on any atom is -0.371 e. The van der Waals surface area contributed by atoms with E-state index in [-0.39, 0.29) is 19.4 Å². The van der Waals surface area contributed by atoms with Crippen molar-refractivity contribution in [1.29, 1.82) is 0 Å². The molecule has 0 aliphatic carbocycles. The van der Waals surface area contributed by atoms with Crippen molar-refractivity contribution in [3.8, 4) is 0 Å². The van der Waals surface area contributed by atoms with Crippen molar-refractivity contribution >= 4 is 11.6 Å². The van der Waals surface area contributed by atoms with E-state index in [4.69, 9.17) is 5.73 Å². The van der Waals surface area contributed by atoms with Crippen LogP contribution in [0.2, 0.25) is 0 Å². The number of primary amides is 1. The van der Waals surface area contributed by atoms with Crippen LogP contribution in [-0.4, -0.2) is 24.9 Å². The van der Waals surface area contributed by atoms with Gasteiger partial charge in [0, 0.05) is 31.6 Å². The number of nitrogens with two attached hydrogens (primary N) is 1. The molecule has 0 aromatic heterocycles. The van der Waals surface area contributed by atoms with Crippen molar-refractivity contribution < 1.29 is 13.6 Å². The van der Waals surface area contributed by atoms with Gasteiger partial charge in [-0.3, -0.25) is 4.79 Å². The number of para-hydroxylation sites is 1. The Morgan fingerprint density at radius 2 is 1.94 bits per heavy atom. The smallest absolute Gasteiger partial charge is 0.250 e. The number of rotatable bonds is 2. The average Bonchev–Trinajstić information content (AvgIpc) is 2.50. The Morgan fingerprint density at radius 3 is 2.67 bits per heavy atom. The summed E-state index contributed by atoms with van der Waals surface area (Å²) >= 11 is 0. The van der Waals surface area contributed by atoms with Crippen LogP contribution >= 0.6 is 0 Å². The number of halogens is 2. The lowest BCUT2D eigenvalue weighted by Crippen LogP contribution is -2.28. The molecule has 0 saturated carbocycles. The Morgan fingerprint density at radius 1 is 1.22 bits per heavy atom. The molecule has 0 unspecified atom stereocenters. The summed E-state index contributed by atoms with van der Waals surface area (Å²) in [5.74, 6) is -3.13. The van der Waals surface area contributed by atoms with Crippen molar-refractivity contribution in [2.24, 2.45) is 5.73 Å². The van der Waals surface area contributed by atoms with E-state index < -0.39 is 11.8 Å². The van der Waals surface area contributed by atoms with Crippen LogP contribution in [0.1, 0.15) is 29.6 Å². The summed E-state index contributed by atoms with van der Waals surface area (Å²) in [6.45, 7) is 0.775. The number of nitrogens with zero attached hydrogens (tertiary/aromatic N) is 1. The van der Waals surface area contributed by atoms with Crippen molar-refractivity contribution in [2.75, 3.05) is 18.0 Å². The Labute approximate surface area is 105 Å². The number of benzene rings is 1. The molecule has 3 nitrogen and oxygen atoms in total. The van der Waals surface area contributed by atoms with Crippen LogP contribution in [-0.2, 0) is 0 Å². The van der Waals surface area contributed by atoms with Crippen molar-refractivity contribution in [1.82, 2.24) is 0 Å². The zero-order valence-corrected chi connectivity index (χ0v) is 10.0. The second kappa shape index (κ2) is 4.92. The first-order valence-electron chi connectivity index (χ1n) is 6.01. The van der Waals surface area contributed by atoms with Gasteiger partial charge < -0.3 is 10.6 Å². The van der Waals surface area contributed by atoms with Crippen LogP contribution in [0, 0.1) is 0 Å². The summed E-state index contributed by atoms with van der Waals surface area (Å²) in [7, 11) is 0. The van der Waals surface area contributed by atoms with E-state index in [0.717, 1.165) is 0 Å². The highest BCUT2D eigenvalue weighted by Crippen LogP contribution is 2.31. The molecule has 98 valence electrons. The first-order chi connectivity index (χ1) is 8.49. The molecule has 5 heteroatoms. The highest BCUT2D eigenvalue weighted by atomic mass is 19.3. The Hall–Kier alpha value is -1.65. The van der Waals surface area contributed by atoms with Crippen LogP contribution in [0.5, 0.6) is 0 Å². The molecule has 1 aromatic rings. The van der Waals surface area contributed by atoms with E-state index in [1.807, 2.05) is 4.90 Å². The van der Waals surface area contributed by atoms with E-state index in [2.05, 4.69) is 0 Å². The minimum atomic E-state index is -2.60. The first-order valence-corrected chi connectivity index (χ1v) is 6.01. The van der Waals surface area contributed by atoms with E-state index in [1.54, 1.807) is 24.3 Å². The largest absolute Gasteiger partial charge is 0.371 e. The van der Waals surface area contributed by atoms with Crippen LogP contribution in [0.25, 0.3) is 0 Å². The van der Waals surface area contributed by atoms with Crippen molar-refractivity contribution in [3.63, 3.8) is 0 Å². The third-order valence-electron chi connectivity index (χ3n) is 3.23. The third kappa shape index (κ3) is 2.78. The Bertz CT molecular complexity index is 448. The predicted molar refractivity (Wildman–Crippen MR) is 66.0 cm³/mol. The van der Waals surface area contributed by atoms with Gasteiger partial charge in [0.1, 0.15) is 0 Å². The quantitative estimate of drug-likeness (QED) is 0.881. The molecule has 1 saturated heterocycles. The first kappa shape index (κ1) is 12.8. The molecular formula is C13H16F2N2O. The van der Waals surface area contributed by atoms with Crippen molar-refractivity contribution in [3.05, 3.63) is 29.8 Å². The van der Waals surface area contributed by atoms with Crippen LogP contribution < -0.4 is 10.6 Å². The summed E-state index contributed by atoms with van der Waals surface area (Å²) in [5.41, 5.74) is 6.35. The van der Waals surface area contributed by atoms with Gasteiger partial charge in [-0.05, 0) is 18.6 Å². The van der Waals surface area contributed by atoms with Gasteiger partial charge in [-0.15, -0.1) is 0 Å².